The lowest BCUT2D eigenvalue weighted by molar-refractivity contribution is -0.419. The van der Waals surface area contributed by atoms with Gasteiger partial charge in [0.05, 0.1) is 27.8 Å². The molecule has 0 aromatic heterocycles. The van der Waals surface area contributed by atoms with Gasteiger partial charge in [-0.2, -0.15) is 13.2 Å². The van der Waals surface area contributed by atoms with Gasteiger partial charge in [0.1, 0.15) is 0 Å². The van der Waals surface area contributed by atoms with E-state index in [4.69, 9.17) is 0 Å². The molecule has 1 aromatic carbocycles. The maximum absolute atomic E-state index is 13.7. The zero-order valence-electron chi connectivity index (χ0n) is 14.9. The van der Waals surface area contributed by atoms with Crippen molar-refractivity contribution in [2.75, 3.05) is 7.05 Å². The van der Waals surface area contributed by atoms with Crippen LogP contribution in [-0.2, 0) is 4.79 Å². The highest BCUT2D eigenvalue weighted by Crippen LogP contribution is 2.48. The predicted octanol–water partition coefficient (Wildman–Crippen LogP) is 3.03. The lowest BCUT2D eigenvalue weighted by Gasteiger charge is -2.34. The molecule has 0 radical (unpaired) electrons. The Kier molecular flexibility index (Phi) is 4.48. The Morgan fingerprint density at radius 2 is 2.04 bits per heavy atom. The summed E-state index contributed by atoms with van der Waals surface area (Å²) in [5, 5.41) is 21.4. The molecular weight excluding hydrogens is 385 g/mol. The van der Waals surface area contributed by atoms with Crippen molar-refractivity contribution in [2.24, 2.45) is 0 Å². The predicted molar refractivity (Wildman–Crippen MR) is 89.0 cm³/mol. The molecule has 11 heteroatoms. The summed E-state index contributed by atoms with van der Waals surface area (Å²) in [6.07, 6.45) is -7.42. The largest absolute Gasteiger partial charge is 0.478 e. The highest BCUT2D eigenvalue weighted by molar-refractivity contribution is 6.03. The van der Waals surface area contributed by atoms with Crippen LogP contribution >= 0.6 is 0 Å². The number of halogens is 3. The number of rotatable bonds is 3. The van der Waals surface area contributed by atoms with E-state index < -0.39 is 46.6 Å². The molecule has 0 bridgehead atoms. The van der Waals surface area contributed by atoms with Gasteiger partial charge in [0, 0.05) is 12.6 Å². The van der Waals surface area contributed by atoms with Crippen LogP contribution in [0.5, 0.6) is 11.5 Å². The number of allylic oxidation sites excluding steroid dienone is 2. The number of carboxylic acid groups (broad SMARTS) is 1. The second-order valence-electron chi connectivity index (χ2n) is 6.30. The molecule has 0 aliphatic carbocycles. The molecule has 0 amide bonds. The highest BCUT2D eigenvalue weighted by Gasteiger charge is 2.51. The van der Waals surface area contributed by atoms with E-state index in [0.29, 0.717) is 0 Å². The molecular formula is C17H15F3N2O6. The van der Waals surface area contributed by atoms with E-state index in [1.54, 1.807) is 0 Å². The number of nitrogens with zero attached hydrogens (tertiary/aromatic N) is 2. The molecule has 150 valence electrons. The van der Waals surface area contributed by atoms with Crippen LogP contribution in [0, 0.1) is 10.1 Å². The molecule has 2 heterocycles. The van der Waals surface area contributed by atoms with Gasteiger partial charge in [0.25, 0.3) is 5.70 Å². The quantitative estimate of drug-likeness (QED) is 0.615. The number of alkyl halides is 3. The molecule has 2 atom stereocenters. The monoisotopic (exact) mass is 400 g/mol. The maximum atomic E-state index is 13.7. The highest BCUT2D eigenvalue weighted by atomic mass is 19.3. The summed E-state index contributed by atoms with van der Waals surface area (Å²) in [6, 6.07) is 2.74. The molecule has 28 heavy (non-hydrogen) atoms. The summed E-state index contributed by atoms with van der Waals surface area (Å²) in [4.78, 5) is 24.3. The van der Waals surface area contributed by atoms with Gasteiger partial charge in [0.15, 0.2) is 11.5 Å². The van der Waals surface area contributed by atoms with E-state index in [1.165, 1.54) is 37.9 Å². The van der Waals surface area contributed by atoms with Crippen LogP contribution < -0.4 is 9.47 Å². The third-order valence-corrected chi connectivity index (χ3v) is 4.77. The summed E-state index contributed by atoms with van der Waals surface area (Å²) in [5.74, 6) is -2.53. The van der Waals surface area contributed by atoms with Crippen LogP contribution in [-0.4, -0.2) is 46.5 Å². The lowest BCUT2D eigenvalue weighted by Crippen LogP contribution is -2.43. The first-order valence-electron chi connectivity index (χ1n) is 8.04. The van der Waals surface area contributed by atoms with Crippen LogP contribution in [0.3, 0.4) is 0 Å². The van der Waals surface area contributed by atoms with Crippen molar-refractivity contribution in [3.05, 3.63) is 50.8 Å². The molecule has 0 saturated carbocycles. The van der Waals surface area contributed by atoms with Crippen LogP contribution in [0.4, 0.5) is 13.2 Å². The molecule has 0 spiro atoms. The van der Waals surface area contributed by atoms with Gasteiger partial charge in [-0.25, -0.2) is 4.79 Å². The van der Waals surface area contributed by atoms with Crippen molar-refractivity contribution < 1.29 is 37.5 Å². The SMILES string of the molecule is CC1=C([N+](=O)[O-])C(c2cccc3c2OC(F)C(F)(F)O3)=C(C(=O)O)C(C)N1C. The Morgan fingerprint density at radius 1 is 1.39 bits per heavy atom. The Bertz CT molecular complexity index is 943. The molecule has 8 nitrogen and oxygen atoms in total. The zero-order chi connectivity index (χ0) is 21.0. The van der Waals surface area contributed by atoms with E-state index in [2.05, 4.69) is 9.47 Å². The van der Waals surface area contributed by atoms with Crippen LogP contribution in [0.1, 0.15) is 19.4 Å². The number of para-hydroxylation sites is 1. The molecule has 2 aliphatic rings. The Hall–Kier alpha value is -3.24. The second kappa shape index (κ2) is 6.43. The molecule has 0 saturated heterocycles. The molecule has 2 unspecified atom stereocenters. The van der Waals surface area contributed by atoms with Gasteiger partial charge < -0.3 is 19.5 Å². The number of ether oxygens (including phenoxy) is 2. The van der Waals surface area contributed by atoms with Crippen LogP contribution in [0.15, 0.2) is 35.2 Å². The van der Waals surface area contributed by atoms with Crippen molar-refractivity contribution in [3.63, 3.8) is 0 Å². The fraction of sp³-hybridized carbons (Fsp3) is 0.353. The molecule has 1 N–H and O–H groups in total. The van der Waals surface area contributed by atoms with E-state index >= 15 is 0 Å². The van der Waals surface area contributed by atoms with Crippen molar-refractivity contribution in [1.82, 2.24) is 4.90 Å². The second-order valence-corrected chi connectivity index (χ2v) is 6.30. The summed E-state index contributed by atoms with van der Waals surface area (Å²) >= 11 is 0. The van der Waals surface area contributed by atoms with E-state index in [0.717, 1.165) is 6.07 Å². The van der Waals surface area contributed by atoms with Gasteiger partial charge in [0.2, 0.25) is 0 Å². The van der Waals surface area contributed by atoms with Crippen LogP contribution in [0.2, 0.25) is 0 Å². The number of aliphatic carboxylic acids is 1. The third kappa shape index (κ3) is 2.83. The van der Waals surface area contributed by atoms with Crippen molar-refractivity contribution >= 4 is 11.5 Å². The smallest absolute Gasteiger partial charge is 0.468 e. The molecule has 2 aliphatic heterocycles. The summed E-state index contributed by atoms with van der Waals surface area (Å²) < 4.78 is 49.7. The van der Waals surface area contributed by atoms with Gasteiger partial charge in [-0.05, 0) is 19.9 Å². The summed E-state index contributed by atoms with van der Waals surface area (Å²) in [6.45, 7) is 2.94. The van der Waals surface area contributed by atoms with Crippen molar-refractivity contribution in [1.29, 1.82) is 0 Å². The van der Waals surface area contributed by atoms with Gasteiger partial charge in [-0.1, -0.05) is 12.1 Å². The lowest BCUT2D eigenvalue weighted by atomic mass is 9.87. The first-order valence-corrected chi connectivity index (χ1v) is 8.04. The first kappa shape index (κ1) is 19.5. The van der Waals surface area contributed by atoms with Crippen LogP contribution in [0.25, 0.3) is 5.57 Å². The third-order valence-electron chi connectivity index (χ3n) is 4.77. The molecule has 1 aromatic rings. The number of likely N-dealkylation sites (N-methyl/N-ethyl adjacent to an activating group) is 1. The Morgan fingerprint density at radius 3 is 2.61 bits per heavy atom. The average molecular weight is 400 g/mol. The van der Waals surface area contributed by atoms with E-state index in [9.17, 15) is 33.2 Å². The van der Waals surface area contributed by atoms with Crippen molar-refractivity contribution in [2.45, 2.75) is 32.4 Å². The minimum Gasteiger partial charge on any atom is -0.478 e. The fourth-order valence-electron chi connectivity index (χ4n) is 3.23. The molecule has 3 rings (SSSR count). The number of benzene rings is 1. The first-order chi connectivity index (χ1) is 13.0. The number of nitro groups is 1. The Labute approximate surface area is 156 Å². The van der Waals surface area contributed by atoms with Crippen molar-refractivity contribution in [3.8, 4) is 11.5 Å². The fourth-order valence-corrected chi connectivity index (χ4v) is 3.23. The number of carbonyl (C=O) groups is 1. The standard InChI is InChI=1S/C17H15F3N2O6/c1-7-11(15(23)24)12(13(22(25)26)8(2)21(7)3)9-5-4-6-10-14(9)27-16(18)17(19,20)28-10/h4-7,16H,1-3H3,(H,23,24). The topological polar surface area (TPSA) is 102 Å². The summed E-state index contributed by atoms with van der Waals surface area (Å²) in [5.41, 5.74) is -1.33. The maximum Gasteiger partial charge on any atom is 0.468 e. The Balaban J connectivity index is 2.35. The minimum atomic E-state index is -4.26. The zero-order valence-corrected chi connectivity index (χ0v) is 14.9. The number of hydrogen-bond donors (Lipinski definition) is 1. The number of hydrogen-bond acceptors (Lipinski definition) is 6. The number of fused-ring (bicyclic) bond motifs is 1. The summed E-state index contributed by atoms with van der Waals surface area (Å²) in [7, 11) is 1.49. The number of carboxylic acids is 1. The van der Waals surface area contributed by atoms with E-state index in [-0.39, 0.29) is 22.4 Å². The normalized spacial score (nSPS) is 23.7. The molecule has 0 fully saturated rings. The van der Waals surface area contributed by atoms with E-state index in [1.807, 2.05) is 0 Å². The minimum absolute atomic E-state index is 0.147. The van der Waals surface area contributed by atoms with Gasteiger partial charge in [-0.3, -0.25) is 10.1 Å². The average Bonchev–Trinajstić information content (AvgIpc) is 2.59. The van der Waals surface area contributed by atoms with Gasteiger partial charge >= 0.3 is 18.4 Å². The van der Waals surface area contributed by atoms with Gasteiger partial charge in [-0.15, -0.1) is 0 Å².